The normalized spacial score (nSPS) is 23.6. The summed E-state index contributed by atoms with van der Waals surface area (Å²) in [5.41, 5.74) is 2.36. The summed E-state index contributed by atoms with van der Waals surface area (Å²) in [6.07, 6.45) is 5.86. The third kappa shape index (κ3) is 2.85. The smallest absolute Gasteiger partial charge is 0.0747 e. The van der Waals surface area contributed by atoms with Crippen LogP contribution in [0.2, 0.25) is 5.02 Å². The van der Waals surface area contributed by atoms with E-state index in [9.17, 15) is 0 Å². The number of fused-ring (bicyclic) bond motifs is 2. The first-order valence-electron chi connectivity index (χ1n) is 8.29. The van der Waals surface area contributed by atoms with Crippen molar-refractivity contribution in [2.75, 3.05) is 26.2 Å². The topological polar surface area (TPSA) is 19.4 Å². The maximum Gasteiger partial charge on any atom is 0.0747 e. The van der Waals surface area contributed by atoms with E-state index in [1.54, 1.807) is 0 Å². The molecule has 1 aromatic heterocycles. The summed E-state index contributed by atoms with van der Waals surface area (Å²) in [6, 6.07) is 8.92. The minimum atomic E-state index is 0.751. The third-order valence-electron chi connectivity index (χ3n) is 5.03. The number of aromatic nitrogens is 1. The van der Waals surface area contributed by atoms with Crippen molar-refractivity contribution in [2.45, 2.75) is 31.8 Å². The molecule has 2 aliphatic heterocycles. The molecule has 0 N–H and O–H groups in total. The molecule has 1 atom stereocenters. The summed E-state index contributed by atoms with van der Waals surface area (Å²) in [5.74, 6) is 0. The Labute approximate surface area is 136 Å². The first-order valence-corrected chi connectivity index (χ1v) is 8.67. The quantitative estimate of drug-likeness (QED) is 0.844. The molecule has 2 saturated heterocycles. The van der Waals surface area contributed by atoms with E-state index < -0.39 is 0 Å². The largest absolute Gasteiger partial charge is 0.299 e. The van der Waals surface area contributed by atoms with E-state index in [0.717, 1.165) is 28.5 Å². The van der Waals surface area contributed by atoms with Gasteiger partial charge in [-0.3, -0.25) is 14.8 Å². The van der Waals surface area contributed by atoms with Gasteiger partial charge in [0.1, 0.15) is 0 Å². The number of hydrogen-bond donors (Lipinski definition) is 0. The van der Waals surface area contributed by atoms with Crippen molar-refractivity contribution in [2.24, 2.45) is 0 Å². The monoisotopic (exact) mass is 315 g/mol. The summed E-state index contributed by atoms with van der Waals surface area (Å²) in [4.78, 5) is 9.85. The highest BCUT2D eigenvalue weighted by molar-refractivity contribution is 6.31. The molecule has 0 spiro atoms. The van der Waals surface area contributed by atoms with Crippen molar-refractivity contribution in [3.05, 3.63) is 41.0 Å². The molecule has 0 bridgehead atoms. The predicted octanol–water partition coefficient (Wildman–Crippen LogP) is 3.56. The molecule has 3 heterocycles. The second-order valence-electron chi connectivity index (χ2n) is 6.56. The Morgan fingerprint density at radius 3 is 3.05 bits per heavy atom. The average Bonchev–Trinajstić information content (AvgIpc) is 2.86. The summed E-state index contributed by atoms with van der Waals surface area (Å²) in [7, 11) is 0. The Hall–Kier alpha value is -1.16. The minimum Gasteiger partial charge on any atom is -0.299 e. The molecule has 2 aromatic rings. The molecule has 0 aliphatic carbocycles. The van der Waals surface area contributed by atoms with E-state index in [2.05, 4.69) is 26.9 Å². The molecule has 0 unspecified atom stereocenters. The van der Waals surface area contributed by atoms with Gasteiger partial charge in [0.25, 0.3) is 0 Å². The highest BCUT2D eigenvalue weighted by atomic mass is 35.5. The second-order valence-corrected chi connectivity index (χ2v) is 7.00. The van der Waals surface area contributed by atoms with Crippen LogP contribution in [-0.2, 0) is 6.54 Å². The first kappa shape index (κ1) is 14.4. The molecule has 4 rings (SSSR count). The molecule has 2 aliphatic rings. The van der Waals surface area contributed by atoms with Gasteiger partial charge < -0.3 is 0 Å². The highest BCUT2D eigenvalue weighted by Crippen LogP contribution is 2.26. The van der Waals surface area contributed by atoms with E-state index in [4.69, 9.17) is 11.6 Å². The van der Waals surface area contributed by atoms with Crippen LogP contribution in [0.25, 0.3) is 10.9 Å². The van der Waals surface area contributed by atoms with E-state index in [1.165, 1.54) is 51.0 Å². The van der Waals surface area contributed by atoms with Crippen molar-refractivity contribution in [3.63, 3.8) is 0 Å². The van der Waals surface area contributed by atoms with Gasteiger partial charge in [-0.1, -0.05) is 17.7 Å². The summed E-state index contributed by atoms with van der Waals surface area (Å²) in [6.45, 7) is 5.86. The molecule has 0 radical (unpaired) electrons. The zero-order chi connectivity index (χ0) is 14.9. The third-order valence-corrected chi connectivity index (χ3v) is 5.25. The number of nitrogens with zero attached hydrogens (tertiary/aromatic N) is 3. The molecule has 116 valence electrons. The van der Waals surface area contributed by atoms with Crippen LogP contribution < -0.4 is 0 Å². The number of halogens is 1. The zero-order valence-electron chi connectivity index (χ0n) is 12.8. The lowest BCUT2D eigenvalue weighted by Crippen LogP contribution is -2.36. The number of rotatable bonds is 2. The van der Waals surface area contributed by atoms with Crippen molar-refractivity contribution >= 4 is 22.5 Å². The summed E-state index contributed by atoms with van der Waals surface area (Å²) < 4.78 is 0. The zero-order valence-corrected chi connectivity index (χ0v) is 13.6. The van der Waals surface area contributed by atoms with Crippen LogP contribution in [0.3, 0.4) is 0 Å². The number of hydrogen-bond acceptors (Lipinski definition) is 3. The van der Waals surface area contributed by atoms with Crippen molar-refractivity contribution in [1.82, 2.24) is 14.8 Å². The Morgan fingerprint density at radius 1 is 1.18 bits per heavy atom. The standard InChI is InChI=1S/C18H22ClN3/c19-16-10-14-4-1-6-20-18(14)15(11-16)12-21-7-3-9-22-8-2-5-17(22)13-21/h1,4,6,10-11,17H,2-3,5,7-9,12-13H2/t17-/m1/s1. The van der Waals surface area contributed by atoms with Gasteiger partial charge in [-0.15, -0.1) is 0 Å². The first-order chi connectivity index (χ1) is 10.8. The van der Waals surface area contributed by atoms with Gasteiger partial charge in [0, 0.05) is 35.7 Å². The van der Waals surface area contributed by atoms with E-state index >= 15 is 0 Å². The van der Waals surface area contributed by atoms with Crippen LogP contribution in [0.4, 0.5) is 0 Å². The molecule has 0 saturated carbocycles. The molecular weight excluding hydrogens is 294 g/mol. The van der Waals surface area contributed by atoms with Crippen LogP contribution in [0.5, 0.6) is 0 Å². The van der Waals surface area contributed by atoms with Gasteiger partial charge in [0.05, 0.1) is 5.52 Å². The van der Waals surface area contributed by atoms with Crippen LogP contribution >= 0.6 is 11.6 Å². The van der Waals surface area contributed by atoms with Gasteiger partial charge in [0.15, 0.2) is 0 Å². The van der Waals surface area contributed by atoms with Crippen molar-refractivity contribution in [1.29, 1.82) is 0 Å². The van der Waals surface area contributed by atoms with Gasteiger partial charge in [-0.2, -0.15) is 0 Å². The number of pyridine rings is 1. The molecular formula is C18H22ClN3. The molecule has 4 heteroatoms. The van der Waals surface area contributed by atoms with Gasteiger partial charge in [-0.05, 0) is 62.7 Å². The highest BCUT2D eigenvalue weighted by Gasteiger charge is 2.28. The van der Waals surface area contributed by atoms with E-state index in [1.807, 2.05) is 18.3 Å². The molecule has 2 fully saturated rings. The molecule has 1 aromatic carbocycles. The molecule has 3 nitrogen and oxygen atoms in total. The Morgan fingerprint density at radius 2 is 2.09 bits per heavy atom. The summed E-state index contributed by atoms with van der Waals surface area (Å²) in [5, 5.41) is 1.95. The van der Waals surface area contributed by atoms with Crippen molar-refractivity contribution in [3.8, 4) is 0 Å². The average molecular weight is 316 g/mol. The molecule has 0 amide bonds. The lowest BCUT2D eigenvalue weighted by molar-refractivity contribution is 0.216. The van der Waals surface area contributed by atoms with Crippen LogP contribution in [-0.4, -0.2) is 47.0 Å². The SMILES string of the molecule is Clc1cc(CN2CCCN3CCC[C@@H]3C2)c2ncccc2c1. The van der Waals surface area contributed by atoms with Crippen LogP contribution in [0, 0.1) is 0 Å². The summed E-state index contributed by atoms with van der Waals surface area (Å²) >= 11 is 6.31. The predicted molar refractivity (Wildman–Crippen MR) is 91.2 cm³/mol. The maximum atomic E-state index is 6.31. The number of benzene rings is 1. The Bertz CT molecular complexity index is 672. The van der Waals surface area contributed by atoms with E-state index in [-0.39, 0.29) is 0 Å². The van der Waals surface area contributed by atoms with Gasteiger partial charge in [0.2, 0.25) is 0 Å². The van der Waals surface area contributed by atoms with Gasteiger partial charge in [-0.25, -0.2) is 0 Å². The fraction of sp³-hybridized carbons (Fsp3) is 0.500. The Kier molecular flexibility index (Phi) is 4.03. The fourth-order valence-electron chi connectivity index (χ4n) is 4.02. The molecule has 22 heavy (non-hydrogen) atoms. The van der Waals surface area contributed by atoms with Crippen molar-refractivity contribution < 1.29 is 0 Å². The lowest BCUT2D eigenvalue weighted by atomic mass is 10.1. The van der Waals surface area contributed by atoms with Crippen LogP contribution in [0.15, 0.2) is 30.5 Å². The maximum absolute atomic E-state index is 6.31. The van der Waals surface area contributed by atoms with Crippen LogP contribution in [0.1, 0.15) is 24.8 Å². The van der Waals surface area contributed by atoms with E-state index in [0.29, 0.717) is 0 Å². The minimum absolute atomic E-state index is 0.751. The lowest BCUT2D eigenvalue weighted by Gasteiger charge is -2.26. The second kappa shape index (κ2) is 6.15. The Balaban J connectivity index is 1.60. The fourth-order valence-corrected chi connectivity index (χ4v) is 4.26. The van der Waals surface area contributed by atoms with Gasteiger partial charge >= 0.3 is 0 Å².